The van der Waals surface area contributed by atoms with Crippen LogP contribution in [-0.2, 0) is 10.0 Å². The number of alkyl halides is 11. The molecule has 0 radical (unpaired) electrons. The Morgan fingerprint density at radius 3 is 1.85 bits per heavy atom. The summed E-state index contributed by atoms with van der Waals surface area (Å²) in [6.07, 6.45) is -18.0. The van der Waals surface area contributed by atoms with Gasteiger partial charge in [0.1, 0.15) is 5.70 Å². The molecule has 0 aliphatic carbocycles. The minimum Gasteiger partial charge on any atom is -0.478 e. The molecule has 2 rings (SSSR count). The predicted molar refractivity (Wildman–Crippen MR) is 115 cm³/mol. The van der Waals surface area contributed by atoms with Crippen LogP contribution in [-0.4, -0.2) is 55.1 Å². The third kappa shape index (κ3) is 7.55. The fourth-order valence-corrected chi connectivity index (χ4v) is 3.83. The lowest BCUT2D eigenvalue weighted by Crippen LogP contribution is -2.49. The molecule has 1 heterocycles. The van der Waals surface area contributed by atoms with Crippen molar-refractivity contribution in [3.05, 3.63) is 47.9 Å². The molecule has 0 saturated carbocycles. The van der Waals surface area contributed by atoms with Crippen molar-refractivity contribution in [3.63, 3.8) is 0 Å². The van der Waals surface area contributed by atoms with Gasteiger partial charge in [0.15, 0.2) is 10.7 Å². The minimum absolute atomic E-state index is 0.215. The van der Waals surface area contributed by atoms with Gasteiger partial charge in [0.2, 0.25) is 5.82 Å². The summed E-state index contributed by atoms with van der Waals surface area (Å²) >= 11 is 4.34. The number of aromatic nitrogens is 2. The Bertz CT molecular complexity index is 1320. The number of nitrogens with zero attached hydrogens (tertiary/aromatic N) is 2. The zero-order valence-electron chi connectivity index (χ0n) is 18.6. The number of hydrogen-bond donors (Lipinski definition) is 3. The lowest BCUT2D eigenvalue weighted by molar-refractivity contribution is -0.269. The van der Waals surface area contributed by atoms with E-state index in [-0.39, 0.29) is 11.7 Å². The number of benzene rings is 1. The fourth-order valence-electron chi connectivity index (χ4n) is 2.61. The number of nitrogens with one attached hydrogen (secondary N) is 3. The number of hydrogen-bond acceptors (Lipinski definition) is 6. The quantitative estimate of drug-likeness (QED) is 0.289. The molecule has 0 bridgehead atoms. The van der Waals surface area contributed by atoms with Gasteiger partial charge in [0.25, 0.3) is 15.9 Å². The Labute approximate surface area is 216 Å². The van der Waals surface area contributed by atoms with Crippen molar-refractivity contribution in [2.45, 2.75) is 29.3 Å². The molecule has 0 spiro atoms. The lowest BCUT2D eigenvalue weighted by Gasteiger charge is -2.28. The first kappa shape index (κ1) is 31.7. The third-order valence-corrected chi connectivity index (χ3v) is 5.80. The lowest BCUT2D eigenvalue weighted by atomic mass is 10.1. The number of allylic oxidation sites excluding steroid dienone is 2. The molecule has 39 heavy (non-hydrogen) atoms. The molecule has 3 N–H and O–H groups in total. The molecule has 0 aliphatic heterocycles. The van der Waals surface area contributed by atoms with Gasteiger partial charge in [-0.2, -0.15) is 48.3 Å². The highest BCUT2D eigenvalue weighted by Crippen LogP contribution is 2.48. The number of methoxy groups -OCH3 is 1. The highest BCUT2D eigenvalue weighted by molar-refractivity contribution is 7.92. The summed E-state index contributed by atoms with van der Waals surface area (Å²) in [5.41, 5.74) is -8.22. The zero-order chi connectivity index (χ0) is 30.0. The van der Waals surface area contributed by atoms with Gasteiger partial charge in [0, 0.05) is 18.1 Å². The fraction of sp³-hybridized carbons (Fsp3) is 0.278. The largest absolute Gasteiger partial charge is 0.478 e. The maximum Gasteiger partial charge on any atom is 0.459 e. The molecule has 0 atom stereocenters. The molecule has 8 nitrogen and oxygen atoms in total. The first-order chi connectivity index (χ1) is 17.6. The molecule has 216 valence electrons. The maximum atomic E-state index is 13.8. The molecule has 0 amide bonds. The Hall–Kier alpha value is -3.49. The number of ether oxygens (including phenoxy) is 1. The van der Waals surface area contributed by atoms with Gasteiger partial charge < -0.3 is 15.4 Å². The van der Waals surface area contributed by atoms with Crippen molar-refractivity contribution in [3.8, 4) is 5.88 Å². The van der Waals surface area contributed by atoms with Crippen molar-refractivity contribution >= 4 is 38.9 Å². The van der Waals surface area contributed by atoms with Crippen LogP contribution in [0.25, 0.3) is 0 Å². The van der Waals surface area contributed by atoms with Gasteiger partial charge in [-0.25, -0.2) is 18.4 Å². The molecule has 21 heteroatoms. The number of anilines is 2. The van der Waals surface area contributed by atoms with E-state index in [9.17, 15) is 56.7 Å². The summed E-state index contributed by atoms with van der Waals surface area (Å²) in [5.74, 6) is -7.22. The van der Waals surface area contributed by atoms with Crippen LogP contribution in [0.1, 0.15) is 0 Å². The summed E-state index contributed by atoms with van der Waals surface area (Å²) in [7, 11) is -3.22. The number of sulfonamides is 1. The summed E-state index contributed by atoms with van der Waals surface area (Å²) in [6.45, 7) is 0. The van der Waals surface area contributed by atoms with Crippen LogP contribution in [0.4, 0.5) is 59.8 Å². The molecule has 0 aliphatic rings. The van der Waals surface area contributed by atoms with Crippen LogP contribution in [0.5, 0.6) is 5.88 Å². The van der Waals surface area contributed by atoms with Crippen LogP contribution in [0.2, 0.25) is 0 Å². The molecular weight excluding hydrogens is 607 g/mol. The van der Waals surface area contributed by atoms with Crippen molar-refractivity contribution in [1.29, 1.82) is 0 Å². The first-order valence-electron chi connectivity index (χ1n) is 9.51. The molecule has 1 aromatic carbocycles. The number of rotatable bonds is 7. The summed E-state index contributed by atoms with van der Waals surface area (Å²) in [6, 6.07) is 3.26. The molecule has 2 aromatic rings. The third-order valence-electron chi connectivity index (χ3n) is 4.24. The Morgan fingerprint density at radius 2 is 1.38 bits per heavy atom. The van der Waals surface area contributed by atoms with Gasteiger partial charge in [-0.15, -0.1) is 0 Å². The monoisotopic (exact) mass is 619 g/mol. The van der Waals surface area contributed by atoms with Crippen LogP contribution in [0.3, 0.4) is 0 Å². The van der Waals surface area contributed by atoms with Crippen molar-refractivity contribution < 1.29 is 61.4 Å². The summed E-state index contributed by atoms with van der Waals surface area (Å²) in [5, 5.41) is 0.896. The maximum absolute atomic E-state index is 13.8. The molecule has 0 unspecified atom stereocenters. The van der Waals surface area contributed by atoms with Crippen molar-refractivity contribution in [2.75, 3.05) is 17.1 Å². The smallest absolute Gasteiger partial charge is 0.459 e. The van der Waals surface area contributed by atoms with Crippen molar-refractivity contribution in [1.82, 2.24) is 15.3 Å². The second kappa shape index (κ2) is 10.9. The molecule has 1 aromatic heterocycles. The van der Waals surface area contributed by atoms with E-state index < -0.39 is 61.4 Å². The van der Waals surface area contributed by atoms with Gasteiger partial charge in [0.05, 0.1) is 12.0 Å². The number of halogens is 11. The summed E-state index contributed by atoms with van der Waals surface area (Å²) < 4.78 is 175. The van der Waals surface area contributed by atoms with E-state index in [1.165, 1.54) is 6.20 Å². The molecule has 0 saturated heterocycles. The van der Waals surface area contributed by atoms with E-state index in [4.69, 9.17) is 4.74 Å². The van der Waals surface area contributed by atoms with E-state index in [0.29, 0.717) is 5.32 Å². The van der Waals surface area contributed by atoms with E-state index in [1.54, 1.807) is 5.32 Å². The highest BCUT2D eigenvalue weighted by atomic mass is 32.2. The van der Waals surface area contributed by atoms with Crippen LogP contribution < -0.4 is 20.1 Å². The highest BCUT2D eigenvalue weighted by Gasteiger charge is 2.66. The first-order valence-corrected chi connectivity index (χ1v) is 11.4. The van der Waals surface area contributed by atoms with E-state index in [2.05, 4.69) is 22.2 Å². The Morgan fingerprint density at radius 1 is 0.872 bits per heavy atom. The molecular formula is C18H12F11N5O3S2. The normalized spacial score (nSPS) is 12.9. The van der Waals surface area contributed by atoms with Gasteiger partial charge >= 0.3 is 24.5 Å². The van der Waals surface area contributed by atoms with Crippen LogP contribution in [0, 0.1) is 0 Å². The Kier molecular flexibility index (Phi) is 8.90. The second-order valence-corrected chi connectivity index (χ2v) is 9.03. The summed E-state index contributed by atoms with van der Waals surface area (Å²) in [4.78, 5) is 6.92. The van der Waals surface area contributed by atoms with E-state index >= 15 is 0 Å². The van der Waals surface area contributed by atoms with Crippen LogP contribution >= 0.6 is 12.2 Å². The standard InChI is InChI=1S/C18H12F11N5O3S2/c1-37-13-12(30-6-7-31-13)34-39(35,36)9-4-2-8(3-5-9)32-14(38)33-11(15(19,20)18(27,28)29)10(16(21,22)23)17(24,25)26/h2-7H,1H3,(H,30,34)(H2,32,33,38). The average molecular weight is 619 g/mol. The Balaban J connectivity index is 2.37. The van der Waals surface area contributed by atoms with Gasteiger partial charge in [-0.1, -0.05) is 0 Å². The van der Waals surface area contributed by atoms with E-state index in [1.807, 2.05) is 4.72 Å². The van der Waals surface area contributed by atoms with E-state index in [0.717, 1.165) is 37.6 Å². The van der Waals surface area contributed by atoms with Crippen LogP contribution in [0.15, 0.2) is 52.8 Å². The van der Waals surface area contributed by atoms with Gasteiger partial charge in [-0.05, 0) is 36.5 Å². The molecule has 0 fully saturated rings. The average Bonchev–Trinajstić information content (AvgIpc) is 2.76. The minimum atomic E-state index is -6.89. The van der Waals surface area contributed by atoms with Crippen molar-refractivity contribution in [2.24, 2.45) is 0 Å². The topological polar surface area (TPSA) is 105 Å². The van der Waals surface area contributed by atoms with Gasteiger partial charge in [-0.3, -0.25) is 4.72 Å². The predicted octanol–water partition coefficient (Wildman–Crippen LogP) is 5.15. The zero-order valence-corrected chi connectivity index (χ0v) is 20.2. The number of thiocarbonyl (C=S) groups is 1. The SMILES string of the molecule is COc1nccnc1NS(=O)(=O)c1ccc(NC(=S)NC(=C(C(F)(F)F)C(F)(F)F)C(F)(F)C(F)(F)F)cc1. The second-order valence-electron chi connectivity index (χ2n) is 6.94.